The number of ether oxygens (including phenoxy) is 2. The summed E-state index contributed by atoms with van der Waals surface area (Å²) in [5.41, 5.74) is 1.06. The predicted octanol–water partition coefficient (Wildman–Crippen LogP) is 3.46. The van der Waals surface area contributed by atoms with Crippen LogP contribution in [0.25, 0.3) is 11.5 Å². The maximum absolute atomic E-state index is 12.8. The molecule has 2 heterocycles. The minimum Gasteiger partial charge on any atom is -0.497 e. The minimum absolute atomic E-state index is 0.104. The number of methoxy groups -OCH3 is 1. The smallest absolute Gasteiger partial charge is 0.407 e. The third-order valence-corrected chi connectivity index (χ3v) is 6.33. The quantitative estimate of drug-likeness (QED) is 0.442. The van der Waals surface area contributed by atoms with Crippen LogP contribution >= 0.6 is 0 Å². The van der Waals surface area contributed by atoms with E-state index in [4.69, 9.17) is 9.47 Å². The van der Waals surface area contributed by atoms with Gasteiger partial charge in [0, 0.05) is 12.6 Å². The van der Waals surface area contributed by atoms with E-state index < -0.39 is 5.60 Å². The first kappa shape index (κ1) is 27.9. The summed E-state index contributed by atoms with van der Waals surface area (Å²) >= 11 is 0. The summed E-state index contributed by atoms with van der Waals surface area (Å²) in [5, 5.41) is 18.7. The number of aryl methyl sites for hydroxylation is 1. The molecule has 12 nitrogen and oxygen atoms in total. The second-order valence-electron chi connectivity index (χ2n) is 10.8. The van der Waals surface area contributed by atoms with Gasteiger partial charge in [0.15, 0.2) is 0 Å². The summed E-state index contributed by atoms with van der Waals surface area (Å²) in [6, 6.07) is 9.17. The lowest BCUT2D eigenvalue weighted by atomic mass is 9.86. The number of hydrogen-bond donors (Lipinski definition) is 2. The number of aromatic nitrogens is 6. The highest BCUT2D eigenvalue weighted by atomic mass is 16.6. The lowest BCUT2D eigenvalue weighted by Crippen LogP contribution is -2.41. The van der Waals surface area contributed by atoms with Crippen molar-refractivity contribution in [1.82, 2.24) is 40.8 Å². The lowest BCUT2D eigenvalue weighted by molar-refractivity contribution is 0.0485. The molecule has 2 aromatic heterocycles. The van der Waals surface area contributed by atoms with Gasteiger partial charge in [-0.2, -0.15) is 4.80 Å². The van der Waals surface area contributed by atoms with Crippen LogP contribution in [0.1, 0.15) is 68.3 Å². The summed E-state index contributed by atoms with van der Waals surface area (Å²) in [7, 11) is 1.60. The van der Waals surface area contributed by atoms with Gasteiger partial charge in [0.2, 0.25) is 5.82 Å². The largest absolute Gasteiger partial charge is 0.497 e. The van der Waals surface area contributed by atoms with Gasteiger partial charge < -0.3 is 20.1 Å². The highest BCUT2D eigenvalue weighted by Crippen LogP contribution is 2.26. The Morgan fingerprint density at radius 2 is 1.87 bits per heavy atom. The molecule has 1 fully saturated rings. The number of carbonyl (C=O) groups is 2. The van der Waals surface area contributed by atoms with Crippen molar-refractivity contribution in [2.75, 3.05) is 7.11 Å². The van der Waals surface area contributed by atoms with E-state index in [0.717, 1.165) is 37.0 Å². The predicted molar refractivity (Wildman–Crippen MR) is 143 cm³/mol. The number of amides is 2. The van der Waals surface area contributed by atoms with Crippen LogP contribution < -0.4 is 15.4 Å². The monoisotopic (exact) mass is 536 g/mol. The topological polar surface area (TPSA) is 146 Å². The Morgan fingerprint density at radius 1 is 1.10 bits per heavy atom. The zero-order valence-electron chi connectivity index (χ0n) is 23.1. The minimum atomic E-state index is -0.513. The van der Waals surface area contributed by atoms with Gasteiger partial charge in [0.1, 0.15) is 28.6 Å². The highest BCUT2D eigenvalue weighted by Gasteiger charge is 2.26. The number of alkyl carbamates (subject to hydrolysis) is 1. The molecular weight excluding hydrogens is 500 g/mol. The van der Waals surface area contributed by atoms with Crippen LogP contribution in [0.2, 0.25) is 0 Å². The van der Waals surface area contributed by atoms with Gasteiger partial charge in [0.05, 0.1) is 13.7 Å². The molecule has 1 aliphatic carbocycles. The molecule has 1 aromatic carbocycles. The van der Waals surface area contributed by atoms with Gasteiger partial charge in [-0.15, -0.1) is 10.2 Å². The summed E-state index contributed by atoms with van der Waals surface area (Å²) in [4.78, 5) is 35.1. The van der Waals surface area contributed by atoms with Crippen molar-refractivity contribution in [3.05, 3.63) is 47.4 Å². The molecule has 2 N–H and O–H groups in total. The number of hydrogen-bond acceptors (Lipinski definition) is 9. The first-order chi connectivity index (χ1) is 18.6. The average molecular weight is 537 g/mol. The van der Waals surface area contributed by atoms with Crippen LogP contribution in [0.5, 0.6) is 5.75 Å². The molecule has 12 heteroatoms. The molecule has 208 valence electrons. The summed E-state index contributed by atoms with van der Waals surface area (Å²) in [6.07, 6.45) is 3.22. The molecular formula is C27H36N8O4. The molecule has 0 aliphatic heterocycles. The van der Waals surface area contributed by atoms with E-state index >= 15 is 0 Å². The molecule has 1 saturated carbocycles. The van der Waals surface area contributed by atoms with Crippen molar-refractivity contribution < 1.29 is 19.1 Å². The second-order valence-corrected chi connectivity index (χ2v) is 10.8. The Hall–Kier alpha value is -4.09. The Labute approximate surface area is 227 Å². The van der Waals surface area contributed by atoms with E-state index in [2.05, 4.69) is 36.0 Å². The number of tetrazole rings is 1. The van der Waals surface area contributed by atoms with Crippen LogP contribution in [-0.4, -0.2) is 60.9 Å². The molecule has 0 saturated heterocycles. The molecule has 0 atom stereocenters. The zero-order valence-corrected chi connectivity index (χ0v) is 23.1. The van der Waals surface area contributed by atoms with Crippen LogP contribution in [0.15, 0.2) is 30.3 Å². The van der Waals surface area contributed by atoms with Gasteiger partial charge in [0.25, 0.3) is 5.91 Å². The summed E-state index contributed by atoms with van der Waals surface area (Å²) in [6.45, 7) is 8.22. The van der Waals surface area contributed by atoms with Crippen LogP contribution in [0.3, 0.4) is 0 Å². The number of benzene rings is 1. The van der Waals surface area contributed by atoms with Gasteiger partial charge in [-0.25, -0.2) is 14.8 Å². The SMILES string of the molecule is COc1cccc(CNC(=O)c2cc(-c3nnn(C[C@H]4CC[C@H](NC(=O)OC(C)(C)C)CC4)n3)nc(C)n2)c1. The normalized spacial score (nSPS) is 17.4. The van der Waals surface area contributed by atoms with Gasteiger partial charge in [-0.05, 0) is 88.3 Å². The van der Waals surface area contributed by atoms with Crippen molar-refractivity contribution in [3.63, 3.8) is 0 Å². The zero-order chi connectivity index (χ0) is 28.0. The Kier molecular flexibility index (Phi) is 8.72. The molecule has 0 spiro atoms. The van der Waals surface area contributed by atoms with E-state index in [1.807, 2.05) is 45.0 Å². The van der Waals surface area contributed by atoms with Crippen LogP contribution in [0.4, 0.5) is 4.79 Å². The van der Waals surface area contributed by atoms with E-state index in [9.17, 15) is 9.59 Å². The Morgan fingerprint density at radius 3 is 2.59 bits per heavy atom. The molecule has 0 unspecified atom stereocenters. The molecule has 4 rings (SSSR count). The fourth-order valence-electron chi connectivity index (χ4n) is 4.47. The number of nitrogens with one attached hydrogen (secondary N) is 2. The van der Waals surface area contributed by atoms with Crippen LogP contribution in [0, 0.1) is 12.8 Å². The average Bonchev–Trinajstić information content (AvgIpc) is 3.35. The van der Waals surface area contributed by atoms with Gasteiger partial charge in [-0.1, -0.05) is 12.1 Å². The maximum Gasteiger partial charge on any atom is 0.407 e. The van der Waals surface area contributed by atoms with Crippen molar-refractivity contribution in [3.8, 4) is 17.3 Å². The van der Waals surface area contributed by atoms with Crippen LogP contribution in [-0.2, 0) is 17.8 Å². The third kappa shape index (κ3) is 8.20. The van der Waals surface area contributed by atoms with E-state index in [1.54, 1.807) is 24.9 Å². The van der Waals surface area contributed by atoms with E-state index in [0.29, 0.717) is 36.4 Å². The second kappa shape index (κ2) is 12.2. The van der Waals surface area contributed by atoms with Crippen molar-refractivity contribution >= 4 is 12.0 Å². The van der Waals surface area contributed by atoms with Crippen molar-refractivity contribution in [1.29, 1.82) is 0 Å². The van der Waals surface area contributed by atoms with Crippen molar-refractivity contribution in [2.24, 2.45) is 5.92 Å². The fourth-order valence-corrected chi connectivity index (χ4v) is 4.47. The molecule has 0 bridgehead atoms. The Bertz CT molecular complexity index is 1290. The van der Waals surface area contributed by atoms with Gasteiger partial charge in [-0.3, -0.25) is 4.79 Å². The molecule has 0 radical (unpaired) electrons. The maximum atomic E-state index is 12.8. The molecule has 2 amide bonds. The summed E-state index contributed by atoms with van der Waals surface area (Å²) < 4.78 is 10.6. The van der Waals surface area contributed by atoms with E-state index in [1.165, 1.54) is 0 Å². The highest BCUT2D eigenvalue weighted by molar-refractivity contribution is 5.93. The molecule has 39 heavy (non-hydrogen) atoms. The third-order valence-electron chi connectivity index (χ3n) is 6.33. The number of nitrogens with zero attached hydrogens (tertiary/aromatic N) is 6. The standard InChI is InChI=1S/C27H36N8O4/c1-17-29-22(14-23(30-17)25(36)28-15-19-7-6-8-21(13-19)38-5)24-32-34-35(33-24)16-18-9-11-20(12-10-18)31-26(37)39-27(2,3)4/h6-8,13-14,18,20H,9-12,15-16H2,1-5H3,(H,28,36)(H,31,37)/t18-,20-. The lowest BCUT2D eigenvalue weighted by Gasteiger charge is -2.29. The molecule has 1 aliphatic rings. The summed E-state index contributed by atoms with van der Waals surface area (Å²) in [5.74, 6) is 1.54. The fraction of sp³-hybridized carbons (Fsp3) is 0.519. The first-order valence-corrected chi connectivity index (χ1v) is 13.1. The van der Waals surface area contributed by atoms with Crippen molar-refractivity contribution in [2.45, 2.75) is 78.1 Å². The first-order valence-electron chi connectivity index (χ1n) is 13.1. The number of carbonyl (C=O) groups excluding carboxylic acids is 2. The molecule has 3 aromatic rings. The Balaban J connectivity index is 1.32. The van der Waals surface area contributed by atoms with E-state index in [-0.39, 0.29) is 23.7 Å². The van der Waals surface area contributed by atoms with Gasteiger partial charge >= 0.3 is 6.09 Å². The number of rotatable bonds is 8.